The molecular weight excluding hydrogens is 518 g/mol. The fraction of sp³-hybridized carbons (Fsp3) is 0.281. The third-order valence-electron chi connectivity index (χ3n) is 6.93. The summed E-state index contributed by atoms with van der Waals surface area (Å²) in [5, 5.41) is 12.0. The van der Waals surface area contributed by atoms with Crippen LogP contribution in [0.25, 0.3) is 0 Å². The van der Waals surface area contributed by atoms with Gasteiger partial charge in [0.25, 0.3) is 5.91 Å². The summed E-state index contributed by atoms with van der Waals surface area (Å²) in [6.45, 7) is 8.67. The Labute approximate surface area is 240 Å². The molecule has 8 heteroatoms. The lowest BCUT2D eigenvalue weighted by atomic mass is 9.95. The molecule has 2 heterocycles. The number of nitrogens with one attached hydrogen (secondary N) is 2. The van der Waals surface area contributed by atoms with Crippen LogP contribution in [-0.4, -0.2) is 26.4 Å². The molecule has 1 unspecified atom stereocenters. The van der Waals surface area contributed by atoms with Crippen LogP contribution < -0.4 is 15.4 Å². The minimum absolute atomic E-state index is 0.179. The Morgan fingerprint density at radius 3 is 2.60 bits per heavy atom. The van der Waals surface area contributed by atoms with E-state index in [0.29, 0.717) is 23.3 Å². The van der Waals surface area contributed by atoms with Gasteiger partial charge in [0.05, 0.1) is 5.57 Å². The Hall–Kier alpha value is -4.04. The number of amides is 1. The van der Waals surface area contributed by atoms with Gasteiger partial charge in [-0.25, -0.2) is 4.68 Å². The van der Waals surface area contributed by atoms with E-state index in [1.807, 2.05) is 79.2 Å². The van der Waals surface area contributed by atoms with Crippen LogP contribution in [-0.2, 0) is 11.4 Å². The zero-order chi connectivity index (χ0) is 28.1. The standard InChI is InChI=1S/C32H35N5O2S/c1-5-6-18-40-32-35-31-33-23(4)28(30(38)34-26-13-9-10-21(2)19-26)29(37(31)36-32)24-14-16-27(17-15-24)39-20-25-12-8-7-11-22(25)3/h7-17,19,29H,5-6,18,20H2,1-4H3,(H,34,38)(H,33,35,36). The summed E-state index contributed by atoms with van der Waals surface area (Å²) in [6.07, 6.45) is 2.21. The van der Waals surface area contributed by atoms with E-state index in [1.54, 1.807) is 11.8 Å². The first-order chi connectivity index (χ1) is 19.4. The topological polar surface area (TPSA) is 81.1 Å². The van der Waals surface area contributed by atoms with Gasteiger partial charge in [-0.2, -0.15) is 4.98 Å². The Bertz CT molecular complexity index is 1530. The second-order valence-corrected chi connectivity index (χ2v) is 11.1. The first-order valence-corrected chi connectivity index (χ1v) is 14.6. The van der Waals surface area contributed by atoms with E-state index in [0.717, 1.165) is 52.4 Å². The number of aromatic nitrogens is 3. The molecule has 1 aliphatic rings. The molecule has 2 N–H and O–H groups in total. The molecule has 0 saturated heterocycles. The molecule has 5 rings (SSSR count). The molecule has 40 heavy (non-hydrogen) atoms. The maximum Gasteiger partial charge on any atom is 0.255 e. The van der Waals surface area contributed by atoms with E-state index in [1.165, 1.54) is 5.56 Å². The van der Waals surface area contributed by atoms with Crippen LogP contribution in [0.5, 0.6) is 5.75 Å². The number of anilines is 2. The third-order valence-corrected chi connectivity index (χ3v) is 7.86. The fourth-order valence-electron chi connectivity index (χ4n) is 4.70. The van der Waals surface area contributed by atoms with Crippen molar-refractivity contribution >= 4 is 29.3 Å². The zero-order valence-corrected chi connectivity index (χ0v) is 24.2. The van der Waals surface area contributed by atoms with Crippen LogP contribution >= 0.6 is 11.8 Å². The molecule has 4 aromatic rings. The first-order valence-electron chi connectivity index (χ1n) is 13.7. The second kappa shape index (κ2) is 12.4. The van der Waals surface area contributed by atoms with Gasteiger partial charge in [-0.3, -0.25) is 4.79 Å². The number of carbonyl (C=O) groups excluding carboxylic acids is 1. The molecule has 0 spiro atoms. The molecule has 0 bridgehead atoms. The highest BCUT2D eigenvalue weighted by Crippen LogP contribution is 2.37. The zero-order valence-electron chi connectivity index (χ0n) is 23.4. The van der Waals surface area contributed by atoms with Crippen molar-refractivity contribution in [1.82, 2.24) is 14.8 Å². The summed E-state index contributed by atoms with van der Waals surface area (Å²) in [6, 6.07) is 23.5. The van der Waals surface area contributed by atoms with Crippen LogP contribution in [0.4, 0.5) is 11.6 Å². The number of fused-ring (bicyclic) bond motifs is 1. The predicted molar refractivity (Wildman–Crippen MR) is 162 cm³/mol. The van der Waals surface area contributed by atoms with Crippen LogP contribution in [0.1, 0.15) is 55.0 Å². The Kier molecular flexibility index (Phi) is 8.55. The van der Waals surface area contributed by atoms with Gasteiger partial charge in [-0.15, -0.1) is 5.10 Å². The maximum atomic E-state index is 13.8. The lowest BCUT2D eigenvalue weighted by molar-refractivity contribution is -0.113. The number of ether oxygens (including phenoxy) is 1. The van der Waals surface area contributed by atoms with Gasteiger partial charge in [0.15, 0.2) is 0 Å². The van der Waals surface area contributed by atoms with Gasteiger partial charge >= 0.3 is 0 Å². The Morgan fingerprint density at radius 2 is 1.85 bits per heavy atom. The normalized spacial score (nSPS) is 14.4. The number of aryl methyl sites for hydroxylation is 2. The van der Waals surface area contributed by atoms with E-state index in [4.69, 9.17) is 14.8 Å². The lowest BCUT2D eigenvalue weighted by Gasteiger charge is -2.28. The minimum Gasteiger partial charge on any atom is -0.489 e. The smallest absolute Gasteiger partial charge is 0.255 e. The van der Waals surface area contributed by atoms with Crippen molar-refractivity contribution < 1.29 is 9.53 Å². The van der Waals surface area contributed by atoms with Gasteiger partial charge in [-0.1, -0.05) is 73.6 Å². The number of hydrogen-bond donors (Lipinski definition) is 2. The molecule has 1 aromatic heterocycles. The molecule has 1 atom stereocenters. The first kappa shape index (κ1) is 27.5. The summed E-state index contributed by atoms with van der Waals surface area (Å²) in [5.74, 6) is 2.17. The highest BCUT2D eigenvalue weighted by atomic mass is 32.2. The number of rotatable bonds is 10. The average Bonchev–Trinajstić information content (AvgIpc) is 3.34. The number of unbranched alkanes of at least 4 members (excludes halogenated alkanes) is 1. The van der Waals surface area contributed by atoms with E-state index in [-0.39, 0.29) is 5.91 Å². The number of hydrogen-bond acceptors (Lipinski definition) is 6. The molecule has 206 valence electrons. The summed E-state index contributed by atoms with van der Waals surface area (Å²) >= 11 is 1.64. The molecule has 0 fully saturated rings. The lowest BCUT2D eigenvalue weighted by Crippen LogP contribution is -2.31. The second-order valence-electron chi connectivity index (χ2n) is 10.0. The summed E-state index contributed by atoms with van der Waals surface area (Å²) in [5.41, 5.74) is 6.45. The van der Waals surface area contributed by atoms with Crippen molar-refractivity contribution in [1.29, 1.82) is 0 Å². The van der Waals surface area contributed by atoms with Crippen molar-refractivity contribution in [3.63, 3.8) is 0 Å². The highest BCUT2D eigenvalue weighted by molar-refractivity contribution is 7.99. The molecule has 3 aromatic carbocycles. The van der Waals surface area contributed by atoms with Gasteiger partial charge in [0.1, 0.15) is 18.4 Å². The molecular formula is C32H35N5O2S. The van der Waals surface area contributed by atoms with E-state index >= 15 is 0 Å². The van der Waals surface area contributed by atoms with Crippen LogP contribution in [0.15, 0.2) is 89.2 Å². The molecule has 1 amide bonds. The van der Waals surface area contributed by atoms with Crippen molar-refractivity contribution in [2.24, 2.45) is 0 Å². The quantitative estimate of drug-likeness (QED) is 0.159. The number of benzene rings is 3. The Balaban J connectivity index is 1.45. The largest absolute Gasteiger partial charge is 0.489 e. The van der Waals surface area contributed by atoms with Gasteiger partial charge in [0, 0.05) is 17.1 Å². The summed E-state index contributed by atoms with van der Waals surface area (Å²) in [4.78, 5) is 18.5. The van der Waals surface area contributed by atoms with Gasteiger partial charge in [0.2, 0.25) is 11.1 Å². The number of allylic oxidation sites excluding steroid dienone is 1. The molecule has 0 aliphatic carbocycles. The monoisotopic (exact) mass is 553 g/mol. The predicted octanol–water partition coefficient (Wildman–Crippen LogP) is 7.29. The Morgan fingerprint density at radius 1 is 1.05 bits per heavy atom. The van der Waals surface area contributed by atoms with Crippen molar-refractivity contribution in [3.8, 4) is 5.75 Å². The van der Waals surface area contributed by atoms with Gasteiger partial charge < -0.3 is 15.4 Å². The number of carbonyl (C=O) groups is 1. The van der Waals surface area contributed by atoms with Gasteiger partial charge in [-0.05, 0) is 73.7 Å². The summed E-state index contributed by atoms with van der Waals surface area (Å²) in [7, 11) is 0. The highest BCUT2D eigenvalue weighted by Gasteiger charge is 2.34. The van der Waals surface area contributed by atoms with E-state index in [2.05, 4.69) is 36.6 Å². The average molecular weight is 554 g/mol. The molecule has 7 nitrogen and oxygen atoms in total. The number of nitrogens with zero attached hydrogens (tertiary/aromatic N) is 3. The summed E-state index contributed by atoms with van der Waals surface area (Å²) < 4.78 is 7.92. The molecule has 1 aliphatic heterocycles. The van der Waals surface area contributed by atoms with E-state index < -0.39 is 6.04 Å². The van der Waals surface area contributed by atoms with Crippen LogP contribution in [0.2, 0.25) is 0 Å². The third kappa shape index (κ3) is 6.23. The fourth-order valence-corrected chi connectivity index (χ4v) is 5.62. The SMILES string of the molecule is CCCCSc1nc2n(n1)C(c1ccc(OCc3ccccc3C)cc1)C(C(=O)Nc1cccc(C)c1)=C(C)N2. The number of thioether (sulfide) groups is 1. The van der Waals surface area contributed by atoms with Crippen molar-refractivity contribution in [2.75, 3.05) is 16.4 Å². The molecule has 0 radical (unpaired) electrons. The van der Waals surface area contributed by atoms with Crippen molar-refractivity contribution in [3.05, 3.63) is 106 Å². The molecule has 0 saturated carbocycles. The van der Waals surface area contributed by atoms with Crippen molar-refractivity contribution in [2.45, 2.75) is 58.3 Å². The van der Waals surface area contributed by atoms with E-state index in [9.17, 15) is 4.79 Å². The minimum atomic E-state index is -0.445. The van der Waals surface area contributed by atoms with Crippen LogP contribution in [0, 0.1) is 13.8 Å². The maximum absolute atomic E-state index is 13.8. The van der Waals surface area contributed by atoms with Crippen LogP contribution in [0.3, 0.4) is 0 Å².